The van der Waals surface area contributed by atoms with Crippen LogP contribution in [0.5, 0.6) is 0 Å². The van der Waals surface area contributed by atoms with Crippen molar-refractivity contribution in [1.29, 1.82) is 0 Å². The van der Waals surface area contributed by atoms with Gasteiger partial charge in [-0.2, -0.15) is 0 Å². The van der Waals surface area contributed by atoms with Crippen molar-refractivity contribution >= 4 is 11.9 Å². The number of carboxylic acids is 2. The lowest BCUT2D eigenvalue weighted by atomic mass is 10.3. The van der Waals surface area contributed by atoms with Crippen LogP contribution in [0.2, 0.25) is 0 Å². The Bertz CT molecular complexity index is 265. The minimum Gasteiger partial charge on any atom is -0.481 e. The van der Waals surface area contributed by atoms with Gasteiger partial charge in [-0.15, -0.1) is 0 Å². The summed E-state index contributed by atoms with van der Waals surface area (Å²) in [5.74, 6) is -3.44. The Morgan fingerprint density at radius 1 is 1.07 bits per heavy atom. The number of likely N-dealkylation sites (tertiary alicyclic amines) is 1. The first-order valence-electron chi connectivity index (χ1n) is 5.29. The highest BCUT2D eigenvalue weighted by atomic mass is 16.4. The lowest BCUT2D eigenvalue weighted by Gasteiger charge is -2.13. The Hall–Kier alpha value is -1.10. The maximum absolute atomic E-state index is 10.8. The number of nitrogens with zero attached hydrogens (tertiary/aromatic N) is 1. The third kappa shape index (κ3) is 1.97. The van der Waals surface area contributed by atoms with Crippen LogP contribution in [0.4, 0.5) is 0 Å². The fourth-order valence-electron chi connectivity index (χ4n) is 2.54. The minimum absolute atomic E-state index is 0.182. The molecule has 2 N–H and O–H groups in total. The summed E-state index contributed by atoms with van der Waals surface area (Å²) in [4.78, 5) is 23.7. The number of carbonyl (C=O) groups is 2. The van der Waals surface area contributed by atoms with Crippen molar-refractivity contribution in [3.8, 4) is 0 Å². The van der Waals surface area contributed by atoms with Gasteiger partial charge in [0.25, 0.3) is 0 Å². The van der Waals surface area contributed by atoms with E-state index in [1.807, 2.05) is 0 Å². The van der Waals surface area contributed by atoms with E-state index in [1.54, 1.807) is 0 Å². The van der Waals surface area contributed by atoms with E-state index >= 15 is 0 Å². The zero-order valence-corrected chi connectivity index (χ0v) is 8.43. The van der Waals surface area contributed by atoms with E-state index in [-0.39, 0.29) is 5.92 Å². The summed E-state index contributed by atoms with van der Waals surface area (Å²) in [7, 11) is 0. The summed E-state index contributed by atoms with van der Waals surface area (Å²) in [5, 5.41) is 17.7. The van der Waals surface area contributed by atoms with Crippen molar-refractivity contribution in [1.82, 2.24) is 4.90 Å². The second-order valence-electron chi connectivity index (χ2n) is 4.40. The van der Waals surface area contributed by atoms with Gasteiger partial charge in [-0.3, -0.25) is 9.59 Å². The SMILES string of the molecule is O=C(O)C1C(CN2CCCC2)C1C(=O)O. The highest BCUT2D eigenvalue weighted by Crippen LogP contribution is 2.47. The van der Waals surface area contributed by atoms with Gasteiger partial charge in [-0.05, 0) is 31.8 Å². The molecule has 1 aliphatic heterocycles. The summed E-state index contributed by atoms with van der Waals surface area (Å²) in [5.41, 5.74) is 0. The Kier molecular flexibility index (Phi) is 2.65. The van der Waals surface area contributed by atoms with Crippen LogP contribution in [-0.4, -0.2) is 46.7 Å². The van der Waals surface area contributed by atoms with Gasteiger partial charge in [-0.1, -0.05) is 0 Å². The molecule has 1 aliphatic carbocycles. The van der Waals surface area contributed by atoms with Gasteiger partial charge in [0, 0.05) is 6.54 Å². The van der Waals surface area contributed by atoms with E-state index in [1.165, 1.54) is 0 Å². The molecule has 1 saturated heterocycles. The maximum Gasteiger partial charge on any atom is 0.307 e. The van der Waals surface area contributed by atoms with Crippen LogP contribution in [0.25, 0.3) is 0 Å². The Labute approximate surface area is 87.7 Å². The van der Waals surface area contributed by atoms with Gasteiger partial charge in [0.05, 0.1) is 11.8 Å². The van der Waals surface area contributed by atoms with E-state index in [4.69, 9.17) is 10.2 Å². The van der Waals surface area contributed by atoms with Gasteiger partial charge < -0.3 is 15.1 Å². The Morgan fingerprint density at radius 2 is 1.53 bits per heavy atom. The molecule has 0 spiro atoms. The number of aliphatic carboxylic acids is 2. The van der Waals surface area contributed by atoms with E-state index in [0.717, 1.165) is 25.9 Å². The van der Waals surface area contributed by atoms with Gasteiger partial charge in [0.2, 0.25) is 0 Å². The predicted octanol–water partition coefficient (Wildman–Crippen LogP) is 0.114. The quantitative estimate of drug-likeness (QED) is 0.693. The van der Waals surface area contributed by atoms with Crippen molar-refractivity contribution in [2.45, 2.75) is 12.8 Å². The van der Waals surface area contributed by atoms with Crippen LogP contribution in [0.1, 0.15) is 12.8 Å². The third-order valence-electron chi connectivity index (χ3n) is 3.41. The molecule has 0 radical (unpaired) electrons. The average molecular weight is 213 g/mol. The lowest BCUT2D eigenvalue weighted by Crippen LogP contribution is -2.23. The number of carboxylic acid groups (broad SMARTS) is 2. The fraction of sp³-hybridized carbons (Fsp3) is 0.800. The molecular weight excluding hydrogens is 198 g/mol. The molecule has 2 aliphatic rings. The summed E-state index contributed by atoms with van der Waals surface area (Å²) < 4.78 is 0. The zero-order chi connectivity index (χ0) is 11.0. The number of rotatable bonds is 4. The molecule has 2 unspecified atom stereocenters. The van der Waals surface area contributed by atoms with Gasteiger partial charge in [-0.25, -0.2) is 0 Å². The van der Waals surface area contributed by atoms with Crippen molar-refractivity contribution in [2.24, 2.45) is 17.8 Å². The molecule has 84 valence electrons. The molecule has 2 fully saturated rings. The molecule has 1 saturated carbocycles. The van der Waals surface area contributed by atoms with Crippen LogP contribution >= 0.6 is 0 Å². The van der Waals surface area contributed by atoms with Crippen LogP contribution in [0.3, 0.4) is 0 Å². The largest absolute Gasteiger partial charge is 0.481 e. The molecule has 2 rings (SSSR count). The standard InChI is InChI=1S/C10H15NO4/c12-9(13)7-6(8(7)10(14)15)5-11-3-1-2-4-11/h6-8H,1-5H2,(H,12,13)(H,14,15). The van der Waals surface area contributed by atoms with Crippen LogP contribution in [-0.2, 0) is 9.59 Å². The molecule has 1 heterocycles. The zero-order valence-electron chi connectivity index (χ0n) is 8.43. The molecule has 0 aromatic carbocycles. The van der Waals surface area contributed by atoms with E-state index in [0.29, 0.717) is 6.54 Å². The first-order valence-corrected chi connectivity index (χ1v) is 5.29. The molecular formula is C10H15NO4. The normalized spacial score (nSPS) is 35.3. The van der Waals surface area contributed by atoms with Crippen LogP contribution in [0, 0.1) is 17.8 Å². The molecule has 15 heavy (non-hydrogen) atoms. The smallest absolute Gasteiger partial charge is 0.307 e. The Balaban J connectivity index is 1.91. The second-order valence-corrected chi connectivity index (χ2v) is 4.40. The van der Waals surface area contributed by atoms with Crippen molar-refractivity contribution < 1.29 is 19.8 Å². The monoisotopic (exact) mass is 213 g/mol. The predicted molar refractivity (Wildman–Crippen MR) is 51.4 cm³/mol. The third-order valence-corrected chi connectivity index (χ3v) is 3.41. The molecule has 0 aromatic rings. The number of hydrogen-bond acceptors (Lipinski definition) is 3. The highest BCUT2D eigenvalue weighted by molar-refractivity contribution is 5.86. The highest BCUT2D eigenvalue weighted by Gasteiger charge is 2.59. The number of hydrogen-bond donors (Lipinski definition) is 2. The van der Waals surface area contributed by atoms with Crippen molar-refractivity contribution in [2.75, 3.05) is 19.6 Å². The van der Waals surface area contributed by atoms with Crippen LogP contribution < -0.4 is 0 Å². The summed E-state index contributed by atoms with van der Waals surface area (Å²) in [6.45, 7) is 2.60. The molecule has 0 amide bonds. The second kappa shape index (κ2) is 3.81. The molecule has 5 heteroatoms. The summed E-state index contributed by atoms with van der Waals surface area (Å²) in [6.07, 6.45) is 2.28. The minimum atomic E-state index is -0.966. The fourth-order valence-corrected chi connectivity index (χ4v) is 2.54. The topological polar surface area (TPSA) is 77.8 Å². The van der Waals surface area contributed by atoms with Gasteiger partial charge in [0.1, 0.15) is 0 Å². The Morgan fingerprint density at radius 3 is 1.93 bits per heavy atom. The molecule has 5 nitrogen and oxygen atoms in total. The molecule has 0 bridgehead atoms. The van der Waals surface area contributed by atoms with Gasteiger partial charge in [0.15, 0.2) is 0 Å². The summed E-state index contributed by atoms with van der Waals surface area (Å²) in [6, 6.07) is 0. The van der Waals surface area contributed by atoms with Crippen molar-refractivity contribution in [3.05, 3.63) is 0 Å². The summed E-state index contributed by atoms with van der Waals surface area (Å²) >= 11 is 0. The average Bonchev–Trinajstić information content (AvgIpc) is 2.62. The molecule has 0 aromatic heterocycles. The van der Waals surface area contributed by atoms with Gasteiger partial charge >= 0.3 is 11.9 Å². The maximum atomic E-state index is 10.8. The van der Waals surface area contributed by atoms with E-state index in [9.17, 15) is 9.59 Å². The van der Waals surface area contributed by atoms with Crippen LogP contribution in [0.15, 0.2) is 0 Å². The van der Waals surface area contributed by atoms with E-state index < -0.39 is 23.8 Å². The van der Waals surface area contributed by atoms with Crippen molar-refractivity contribution in [3.63, 3.8) is 0 Å². The molecule has 2 atom stereocenters. The first-order chi connectivity index (χ1) is 7.11. The first kappa shape index (κ1) is 10.4. The lowest BCUT2D eigenvalue weighted by molar-refractivity contribution is -0.144. The van der Waals surface area contributed by atoms with E-state index in [2.05, 4.69) is 4.90 Å².